The zero-order valence-electron chi connectivity index (χ0n) is 15.4. The largest absolute Gasteiger partial charge is 0.472 e. The van der Waals surface area contributed by atoms with E-state index < -0.39 is 6.04 Å². The van der Waals surface area contributed by atoms with Crippen molar-refractivity contribution in [3.05, 3.63) is 71.8 Å². The van der Waals surface area contributed by atoms with Crippen molar-refractivity contribution in [2.75, 3.05) is 13.1 Å². The number of furan rings is 1. The fourth-order valence-corrected chi connectivity index (χ4v) is 3.38. The molecule has 28 heavy (non-hydrogen) atoms. The number of benzene rings is 1. The van der Waals surface area contributed by atoms with E-state index in [4.69, 9.17) is 8.94 Å². The number of nitrogens with zero attached hydrogens (tertiary/aromatic N) is 4. The molecule has 1 aromatic carbocycles. The monoisotopic (exact) mass is 380 g/mol. The van der Waals surface area contributed by atoms with E-state index in [2.05, 4.69) is 10.1 Å². The van der Waals surface area contributed by atoms with Crippen molar-refractivity contribution >= 4 is 11.8 Å². The summed E-state index contributed by atoms with van der Waals surface area (Å²) >= 11 is 0. The van der Waals surface area contributed by atoms with Crippen LogP contribution in [0.4, 0.5) is 0 Å². The first-order valence-electron chi connectivity index (χ1n) is 9.07. The molecule has 1 unspecified atom stereocenters. The first kappa shape index (κ1) is 18.0. The second kappa shape index (κ2) is 7.67. The van der Waals surface area contributed by atoms with Gasteiger partial charge in [0.25, 0.3) is 5.91 Å². The Balaban J connectivity index is 1.58. The molecule has 8 heteroatoms. The summed E-state index contributed by atoms with van der Waals surface area (Å²) in [6.45, 7) is 3.08. The number of rotatable bonds is 5. The third-order valence-electron chi connectivity index (χ3n) is 4.77. The molecule has 0 N–H and O–H groups in total. The van der Waals surface area contributed by atoms with Crippen molar-refractivity contribution < 1.29 is 18.5 Å². The summed E-state index contributed by atoms with van der Waals surface area (Å²) in [6, 6.07) is 10.7. The van der Waals surface area contributed by atoms with Crippen molar-refractivity contribution in [1.29, 1.82) is 0 Å². The number of amides is 2. The number of hydrogen-bond donors (Lipinski definition) is 0. The van der Waals surface area contributed by atoms with Crippen molar-refractivity contribution in [3.63, 3.8) is 0 Å². The Hall–Kier alpha value is -3.42. The number of aryl methyl sites for hydroxylation is 1. The Morgan fingerprint density at radius 2 is 2.04 bits per heavy atom. The topological polar surface area (TPSA) is 92.7 Å². The number of hydrogen-bond acceptors (Lipinski definition) is 6. The highest BCUT2D eigenvalue weighted by atomic mass is 16.5. The van der Waals surface area contributed by atoms with Crippen molar-refractivity contribution in [2.45, 2.75) is 25.9 Å². The first-order chi connectivity index (χ1) is 13.6. The lowest BCUT2D eigenvalue weighted by molar-refractivity contribution is -0.141. The van der Waals surface area contributed by atoms with Crippen LogP contribution in [-0.4, -0.2) is 50.9 Å². The highest BCUT2D eigenvalue weighted by molar-refractivity contribution is 5.98. The second-order valence-electron chi connectivity index (χ2n) is 6.71. The van der Waals surface area contributed by atoms with Crippen LogP contribution in [0.2, 0.25) is 0 Å². The Morgan fingerprint density at radius 1 is 1.21 bits per heavy atom. The van der Waals surface area contributed by atoms with Gasteiger partial charge in [-0.1, -0.05) is 35.5 Å². The number of piperazine rings is 1. The lowest BCUT2D eigenvalue weighted by Crippen LogP contribution is -2.59. The van der Waals surface area contributed by atoms with Crippen LogP contribution in [-0.2, 0) is 17.8 Å². The van der Waals surface area contributed by atoms with Gasteiger partial charge in [0, 0.05) is 19.6 Å². The molecule has 4 rings (SSSR count). The summed E-state index contributed by atoms with van der Waals surface area (Å²) in [4.78, 5) is 33.7. The summed E-state index contributed by atoms with van der Waals surface area (Å²) in [5, 5.41) is 3.78. The maximum Gasteiger partial charge on any atom is 0.257 e. The van der Waals surface area contributed by atoms with Crippen LogP contribution in [0, 0.1) is 6.92 Å². The van der Waals surface area contributed by atoms with Crippen LogP contribution in [0.1, 0.15) is 27.6 Å². The highest BCUT2D eigenvalue weighted by Gasteiger charge is 2.39. The molecule has 144 valence electrons. The third-order valence-corrected chi connectivity index (χ3v) is 4.77. The van der Waals surface area contributed by atoms with Gasteiger partial charge in [-0.15, -0.1) is 0 Å². The van der Waals surface area contributed by atoms with Gasteiger partial charge in [0.05, 0.1) is 18.2 Å². The summed E-state index contributed by atoms with van der Waals surface area (Å²) in [6.07, 6.45) is 3.00. The summed E-state index contributed by atoms with van der Waals surface area (Å²) in [7, 11) is 0. The fourth-order valence-electron chi connectivity index (χ4n) is 3.38. The minimum Gasteiger partial charge on any atom is -0.472 e. The molecule has 1 fully saturated rings. The van der Waals surface area contributed by atoms with Gasteiger partial charge in [0.2, 0.25) is 11.8 Å². The molecule has 1 aliphatic rings. The number of carbonyl (C=O) groups is 2. The van der Waals surface area contributed by atoms with Crippen molar-refractivity contribution in [3.8, 4) is 0 Å². The molecule has 1 saturated heterocycles. The Bertz CT molecular complexity index is 952. The van der Waals surface area contributed by atoms with Gasteiger partial charge in [0.1, 0.15) is 12.3 Å². The van der Waals surface area contributed by atoms with Gasteiger partial charge in [-0.2, -0.15) is 4.98 Å². The average Bonchev–Trinajstić information content (AvgIpc) is 3.37. The van der Waals surface area contributed by atoms with Crippen LogP contribution in [0.5, 0.6) is 0 Å². The van der Waals surface area contributed by atoms with E-state index in [1.54, 1.807) is 22.8 Å². The van der Waals surface area contributed by atoms with Gasteiger partial charge in [-0.3, -0.25) is 9.59 Å². The maximum atomic E-state index is 13.2. The summed E-state index contributed by atoms with van der Waals surface area (Å²) in [5.41, 5.74) is 1.45. The van der Waals surface area contributed by atoms with Crippen molar-refractivity contribution in [1.82, 2.24) is 19.9 Å². The molecule has 0 aliphatic carbocycles. The van der Waals surface area contributed by atoms with E-state index in [9.17, 15) is 9.59 Å². The normalized spacial score (nSPS) is 17.2. The van der Waals surface area contributed by atoms with Gasteiger partial charge in [0.15, 0.2) is 5.82 Å². The van der Waals surface area contributed by atoms with Crippen LogP contribution < -0.4 is 0 Å². The average molecular weight is 380 g/mol. The van der Waals surface area contributed by atoms with E-state index in [0.717, 1.165) is 5.56 Å². The maximum absolute atomic E-state index is 13.2. The molecule has 1 atom stereocenters. The Morgan fingerprint density at radius 3 is 2.71 bits per heavy atom. The number of carbonyl (C=O) groups excluding carboxylic acids is 2. The second-order valence-corrected chi connectivity index (χ2v) is 6.71. The molecule has 2 aromatic heterocycles. The van der Waals surface area contributed by atoms with Crippen LogP contribution in [0.3, 0.4) is 0 Å². The Kier molecular flexibility index (Phi) is 4.92. The summed E-state index contributed by atoms with van der Waals surface area (Å²) < 4.78 is 10.2. The molecule has 1 aliphatic heterocycles. The predicted molar refractivity (Wildman–Crippen MR) is 98.1 cm³/mol. The van der Waals surface area contributed by atoms with E-state index in [1.165, 1.54) is 12.5 Å². The molecule has 3 heterocycles. The molecular formula is C20H20N4O4. The third kappa shape index (κ3) is 3.66. The minimum absolute atomic E-state index is 0.136. The van der Waals surface area contributed by atoms with Gasteiger partial charge in [-0.05, 0) is 18.6 Å². The van der Waals surface area contributed by atoms with Gasteiger partial charge >= 0.3 is 0 Å². The van der Waals surface area contributed by atoms with E-state index in [1.807, 2.05) is 30.3 Å². The fraction of sp³-hybridized carbons (Fsp3) is 0.300. The van der Waals surface area contributed by atoms with Crippen LogP contribution in [0.15, 0.2) is 57.9 Å². The molecule has 0 saturated carbocycles. The highest BCUT2D eigenvalue weighted by Crippen LogP contribution is 2.20. The number of aromatic nitrogens is 2. The Labute approximate surface area is 161 Å². The van der Waals surface area contributed by atoms with Crippen LogP contribution >= 0.6 is 0 Å². The van der Waals surface area contributed by atoms with Gasteiger partial charge in [-0.25, -0.2) is 0 Å². The standard InChI is InChI=1S/C20H20N4O4/c1-14-21-18(28-22-14)11-17-20(26)23(12-15-5-3-2-4-6-15)8-9-24(17)19(25)16-7-10-27-13-16/h2-7,10,13,17H,8-9,11-12H2,1H3. The molecule has 3 aromatic rings. The molecule has 2 amide bonds. The van der Waals surface area contributed by atoms with Crippen LogP contribution in [0.25, 0.3) is 0 Å². The zero-order valence-corrected chi connectivity index (χ0v) is 15.4. The molecule has 8 nitrogen and oxygen atoms in total. The molecular weight excluding hydrogens is 360 g/mol. The minimum atomic E-state index is -0.709. The quantitative estimate of drug-likeness (QED) is 0.673. The van der Waals surface area contributed by atoms with E-state index in [-0.39, 0.29) is 18.2 Å². The van der Waals surface area contributed by atoms with Gasteiger partial charge < -0.3 is 18.7 Å². The lowest BCUT2D eigenvalue weighted by atomic mass is 10.0. The first-order valence-corrected chi connectivity index (χ1v) is 9.07. The molecule has 0 spiro atoms. The van der Waals surface area contributed by atoms with Crippen molar-refractivity contribution in [2.24, 2.45) is 0 Å². The smallest absolute Gasteiger partial charge is 0.257 e. The van der Waals surface area contributed by atoms with E-state index in [0.29, 0.717) is 36.9 Å². The molecule has 0 bridgehead atoms. The lowest BCUT2D eigenvalue weighted by Gasteiger charge is -2.40. The predicted octanol–water partition coefficient (Wildman–Crippen LogP) is 2.07. The zero-order chi connectivity index (χ0) is 19.5. The SMILES string of the molecule is Cc1noc(CC2C(=O)N(Cc3ccccc3)CCN2C(=O)c2ccoc2)n1. The summed E-state index contributed by atoms with van der Waals surface area (Å²) in [5.74, 6) is 0.444. The van der Waals surface area contributed by atoms with E-state index >= 15 is 0 Å². The molecule has 0 radical (unpaired) electrons.